The van der Waals surface area contributed by atoms with Gasteiger partial charge in [0.05, 0.1) is 25.4 Å². The Kier molecular flexibility index (Phi) is 54.4. The van der Waals surface area contributed by atoms with Gasteiger partial charge < -0.3 is 40.3 Å². The first kappa shape index (κ1) is 74.3. The predicted octanol–water partition coefficient (Wildman–Crippen LogP) is 17.2. The predicted molar refractivity (Wildman–Crippen MR) is 340 cm³/mol. The summed E-state index contributed by atoms with van der Waals surface area (Å²) >= 11 is 0. The van der Waals surface area contributed by atoms with E-state index in [2.05, 4.69) is 153 Å². The van der Waals surface area contributed by atoms with Crippen LogP contribution in [0.25, 0.3) is 0 Å². The molecule has 1 heterocycles. The van der Waals surface area contributed by atoms with Gasteiger partial charge >= 0.3 is 0 Å². The average molecular weight is 1110 g/mol. The molecule has 1 aliphatic rings. The third-order valence-electron chi connectivity index (χ3n) is 14.5. The molecule has 1 fully saturated rings. The lowest BCUT2D eigenvalue weighted by Gasteiger charge is -2.40. The van der Waals surface area contributed by atoms with Crippen LogP contribution in [0.5, 0.6) is 0 Å². The molecule has 1 aliphatic heterocycles. The molecular weight excluding hydrogens is 995 g/mol. The fraction of sp³-hybridized carbons (Fsp3) is 0.676. The van der Waals surface area contributed by atoms with Gasteiger partial charge in [0.2, 0.25) is 5.91 Å². The summed E-state index contributed by atoms with van der Waals surface area (Å²) in [6.45, 7) is 3.72. The van der Waals surface area contributed by atoms with Gasteiger partial charge in [-0.25, -0.2) is 0 Å². The van der Waals surface area contributed by atoms with E-state index in [-0.39, 0.29) is 12.5 Å². The summed E-state index contributed by atoms with van der Waals surface area (Å²) in [5.74, 6) is -0.167. The van der Waals surface area contributed by atoms with Crippen LogP contribution in [-0.2, 0) is 14.3 Å². The van der Waals surface area contributed by atoms with Crippen LogP contribution in [0.1, 0.15) is 251 Å². The standard InChI is InChI=1S/C71H119NO8/c1-3-5-7-9-11-13-15-17-19-21-23-24-25-26-27-28-29-30-31-32-33-34-35-36-37-38-39-40-41-42-43-45-47-49-51-53-55-57-59-61-67(75)72-64(63-79-71-70(78)69(77)68(76)66(62-73)80-71)65(74)60-58-56-54-52-50-48-46-44-22-20-18-16-14-12-10-8-6-4-2/h5,7,11,13,17,19,23-24,26-27,29-30,32-33,35-36,38-39,41-42,45,47,64-66,68-71,73-74,76-78H,3-4,6,8-10,12,14-16,18,20-22,25,28,31,34,37,40,43-44,46,48-63H2,1-2H3,(H,72,75)/b7-5-,13-11-,19-17-,24-23-,27-26-,30-29-,33-32-,36-35-,39-38-,42-41-,47-45-. The smallest absolute Gasteiger partial charge is 0.220 e. The molecule has 0 aromatic rings. The summed E-state index contributed by atoms with van der Waals surface area (Å²) in [4.78, 5) is 13.1. The molecule has 9 nitrogen and oxygen atoms in total. The van der Waals surface area contributed by atoms with Crippen molar-refractivity contribution in [1.82, 2.24) is 5.32 Å². The normalized spacial score (nSPS) is 19.4. The Morgan fingerprint density at radius 2 is 0.775 bits per heavy atom. The lowest BCUT2D eigenvalue weighted by atomic mass is 9.99. The zero-order valence-corrected chi connectivity index (χ0v) is 50.8. The minimum atomic E-state index is -1.57. The number of aliphatic hydroxyl groups excluding tert-OH is 5. The second-order valence-corrected chi connectivity index (χ2v) is 21.8. The Labute approximate surface area is 490 Å². The lowest BCUT2D eigenvalue weighted by molar-refractivity contribution is -0.302. The molecular formula is C71H119NO8. The van der Waals surface area contributed by atoms with Gasteiger partial charge in [-0.2, -0.15) is 0 Å². The molecule has 7 atom stereocenters. The third-order valence-corrected chi connectivity index (χ3v) is 14.5. The van der Waals surface area contributed by atoms with Crippen molar-refractivity contribution < 1.29 is 39.8 Å². The Bertz CT molecular complexity index is 1720. The molecule has 9 heteroatoms. The second kappa shape index (κ2) is 58.5. The minimum absolute atomic E-state index is 0.153. The molecule has 0 bridgehead atoms. The highest BCUT2D eigenvalue weighted by molar-refractivity contribution is 5.76. The summed E-state index contributed by atoms with van der Waals surface area (Å²) in [5.41, 5.74) is 0. The molecule has 80 heavy (non-hydrogen) atoms. The number of rotatable bonds is 54. The van der Waals surface area contributed by atoms with Gasteiger partial charge in [0.15, 0.2) is 6.29 Å². The summed E-state index contributed by atoms with van der Waals surface area (Å²) in [7, 11) is 0. The van der Waals surface area contributed by atoms with E-state index < -0.39 is 49.5 Å². The van der Waals surface area contributed by atoms with Gasteiger partial charge in [0, 0.05) is 6.42 Å². The number of carbonyl (C=O) groups excluding carboxylic acids is 1. The first-order chi connectivity index (χ1) is 39.3. The molecule has 0 radical (unpaired) electrons. The van der Waals surface area contributed by atoms with Gasteiger partial charge in [-0.3, -0.25) is 4.79 Å². The highest BCUT2D eigenvalue weighted by Gasteiger charge is 2.44. The number of hydrogen-bond donors (Lipinski definition) is 6. The van der Waals surface area contributed by atoms with Crippen LogP contribution in [0.3, 0.4) is 0 Å². The van der Waals surface area contributed by atoms with Crippen molar-refractivity contribution in [2.45, 2.75) is 294 Å². The highest BCUT2D eigenvalue weighted by Crippen LogP contribution is 2.23. The molecule has 6 N–H and O–H groups in total. The van der Waals surface area contributed by atoms with Crippen LogP contribution in [0.2, 0.25) is 0 Å². The van der Waals surface area contributed by atoms with E-state index in [9.17, 15) is 30.3 Å². The van der Waals surface area contributed by atoms with E-state index in [1.54, 1.807) is 0 Å². The van der Waals surface area contributed by atoms with E-state index in [1.165, 1.54) is 96.3 Å². The van der Waals surface area contributed by atoms with E-state index >= 15 is 0 Å². The summed E-state index contributed by atoms with van der Waals surface area (Å²) in [6.07, 6.45) is 82.0. The van der Waals surface area contributed by atoms with Gasteiger partial charge in [0.1, 0.15) is 24.4 Å². The maximum Gasteiger partial charge on any atom is 0.220 e. The van der Waals surface area contributed by atoms with Crippen molar-refractivity contribution in [2.75, 3.05) is 13.2 Å². The Morgan fingerprint density at radius 1 is 0.438 bits per heavy atom. The third kappa shape index (κ3) is 46.9. The summed E-state index contributed by atoms with van der Waals surface area (Å²) in [5, 5.41) is 54.8. The van der Waals surface area contributed by atoms with Crippen molar-refractivity contribution in [2.24, 2.45) is 0 Å². The molecule has 1 amide bonds. The van der Waals surface area contributed by atoms with Gasteiger partial charge in [-0.15, -0.1) is 0 Å². The van der Waals surface area contributed by atoms with Crippen LogP contribution in [0.15, 0.2) is 134 Å². The van der Waals surface area contributed by atoms with Crippen molar-refractivity contribution in [3.63, 3.8) is 0 Å². The van der Waals surface area contributed by atoms with Crippen LogP contribution < -0.4 is 5.32 Å². The Morgan fingerprint density at radius 3 is 1.15 bits per heavy atom. The first-order valence-corrected chi connectivity index (χ1v) is 32.4. The number of aliphatic hydroxyl groups is 5. The van der Waals surface area contributed by atoms with Crippen LogP contribution >= 0.6 is 0 Å². The maximum absolute atomic E-state index is 13.1. The monoisotopic (exact) mass is 1110 g/mol. The molecule has 456 valence electrons. The largest absolute Gasteiger partial charge is 0.394 e. The van der Waals surface area contributed by atoms with Gasteiger partial charge in [0.25, 0.3) is 0 Å². The topological polar surface area (TPSA) is 149 Å². The fourth-order valence-corrected chi connectivity index (χ4v) is 9.46. The van der Waals surface area contributed by atoms with E-state index in [0.29, 0.717) is 12.8 Å². The summed E-state index contributed by atoms with van der Waals surface area (Å²) in [6, 6.07) is -0.740. The first-order valence-electron chi connectivity index (χ1n) is 32.4. The average Bonchev–Trinajstić information content (AvgIpc) is 3.46. The van der Waals surface area contributed by atoms with Crippen LogP contribution in [-0.4, -0.2) is 87.5 Å². The van der Waals surface area contributed by atoms with Crippen molar-refractivity contribution >= 4 is 5.91 Å². The van der Waals surface area contributed by atoms with E-state index in [4.69, 9.17) is 9.47 Å². The summed E-state index contributed by atoms with van der Waals surface area (Å²) < 4.78 is 11.3. The van der Waals surface area contributed by atoms with Crippen LogP contribution in [0.4, 0.5) is 0 Å². The molecule has 1 saturated heterocycles. The van der Waals surface area contributed by atoms with Crippen molar-refractivity contribution in [3.8, 4) is 0 Å². The second-order valence-electron chi connectivity index (χ2n) is 21.8. The van der Waals surface area contributed by atoms with E-state index in [0.717, 1.165) is 128 Å². The number of amides is 1. The number of nitrogens with one attached hydrogen (secondary N) is 1. The van der Waals surface area contributed by atoms with Crippen molar-refractivity contribution in [3.05, 3.63) is 134 Å². The molecule has 7 unspecified atom stereocenters. The number of ether oxygens (including phenoxy) is 2. The van der Waals surface area contributed by atoms with Crippen molar-refractivity contribution in [1.29, 1.82) is 0 Å². The SMILES string of the molecule is CC/C=C\C/C=C\C/C=C\C/C=C\C/C=C\C/C=C\C/C=C\C/C=C\C/C=C\C/C=C\C/C=C\CCCCCCCC(=O)NC(COC1OC(CO)C(O)C(O)C1O)C(O)CCCCCCCCCCCCCCCCCCCC. The fourth-order valence-electron chi connectivity index (χ4n) is 9.46. The molecule has 0 spiro atoms. The Balaban J connectivity index is 2.18. The number of carbonyl (C=O) groups is 1. The number of unbranched alkanes of at least 4 members (excludes halogenated alkanes) is 22. The molecule has 1 rings (SSSR count). The number of hydrogen-bond acceptors (Lipinski definition) is 8. The van der Waals surface area contributed by atoms with E-state index in [1.807, 2.05) is 0 Å². The van der Waals surface area contributed by atoms with Crippen LogP contribution in [0, 0.1) is 0 Å². The zero-order valence-electron chi connectivity index (χ0n) is 50.8. The minimum Gasteiger partial charge on any atom is -0.394 e. The molecule has 0 aliphatic carbocycles. The quantitative estimate of drug-likeness (QED) is 0.0261. The maximum atomic E-state index is 13.1. The highest BCUT2D eigenvalue weighted by atomic mass is 16.7. The molecule has 0 aromatic carbocycles. The molecule has 0 saturated carbocycles. The lowest BCUT2D eigenvalue weighted by Crippen LogP contribution is -2.60. The Hall–Kier alpha value is -3.67. The van der Waals surface area contributed by atoms with Gasteiger partial charge in [-0.05, 0) is 96.3 Å². The number of allylic oxidation sites excluding steroid dienone is 22. The molecule has 0 aromatic heterocycles. The van der Waals surface area contributed by atoms with Gasteiger partial charge in [-0.1, -0.05) is 282 Å². The zero-order chi connectivity index (χ0) is 57.9.